The van der Waals surface area contributed by atoms with Crippen LogP contribution in [0.5, 0.6) is 11.5 Å². The molecule has 0 aromatic heterocycles. The molecule has 1 saturated heterocycles. The van der Waals surface area contributed by atoms with E-state index in [4.69, 9.17) is 9.47 Å². The van der Waals surface area contributed by atoms with Gasteiger partial charge in [0.1, 0.15) is 11.5 Å². The van der Waals surface area contributed by atoms with Crippen molar-refractivity contribution in [2.45, 2.75) is 12.5 Å². The van der Waals surface area contributed by atoms with E-state index in [1.807, 2.05) is 30.3 Å². The number of rotatable bonds is 5. The molecular formula is C22H17BrN2O4. The van der Waals surface area contributed by atoms with Crippen molar-refractivity contribution in [3.05, 3.63) is 88.9 Å². The molecule has 1 heterocycles. The first kappa shape index (κ1) is 19.0. The molecule has 1 aliphatic rings. The van der Waals surface area contributed by atoms with Crippen LogP contribution < -0.4 is 10.2 Å². The van der Waals surface area contributed by atoms with Crippen molar-refractivity contribution in [1.82, 2.24) is 5.01 Å². The van der Waals surface area contributed by atoms with E-state index in [0.717, 1.165) is 9.48 Å². The molecule has 3 aromatic rings. The lowest BCUT2D eigenvalue weighted by Crippen LogP contribution is -2.40. The van der Waals surface area contributed by atoms with E-state index in [1.165, 1.54) is 0 Å². The molecule has 7 heteroatoms. The van der Waals surface area contributed by atoms with Crippen molar-refractivity contribution >= 4 is 33.6 Å². The van der Waals surface area contributed by atoms with Gasteiger partial charge in [-0.1, -0.05) is 46.3 Å². The Morgan fingerprint density at radius 3 is 2.17 bits per heavy atom. The van der Waals surface area contributed by atoms with Crippen molar-refractivity contribution < 1.29 is 19.1 Å². The SMILES string of the molecule is CC1(c2ccc(Oc3ccccc3)cc2)OC(=O)N(Nc2ccc(Br)cc2)C1=O. The Labute approximate surface area is 176 Å². The van der Waals surface area contributed by atoms with Gasteiger partial charge in [0.15, 0.2) is 0 Å². The van der Waals surface area contributed by atoms with E-state index in [9.17, 15) is 9.59 Å². The summed E-state index contributed by atoms with van der Waals surface area (Å²) < 4.78 is 12.1. The maximum atomic E-state index is 13.0. The summed E-state index contributed by atoms with van der Waals surface area (Å²) in [6, 6.07) is 23.4. The highest BCUT2D eigenvalue weighted by molar-refractivity contribution is 9.10. The largest absolute Gasteiger partial charge is 0.457 e. The quantitative estimate of drug-likeness (QED) is 0.556. The first-order valence-electron chi connectivity index (χ1n) is 8.89. The minimum atomic E-state index is -1.43. The number of cyclic esters (lactones) is 1. The first-order chi connectivity index (χ1) is 14.0. The molecular weight excluding hydrogens is 436 g/mol. The van der Waals surface area contributed by atoms with E-state index in [0.29, 0.717) is 22.7 Å². The highest BCUT2D eigenvalue weighted by Crippen LogP contribution is 2.35. The second-order valence-corrected chi connectivity index (χ2v) is 7.52. The van der Waals surface area contributed by atoms with Crippen molar-refractivity contribution in [3.63, 3.8) is 0 Å². The van der Waals surface area contributed by atoms with Crippen molar-refractivity contribution in [3.8, 4) is 11.5 Å². The highest BCUT2D eigenvalue weighted by atomic mass is 79.9. The summed E-state index contributed by atoms with van der Waals surface area (Å²) in [6.07, 6.45) is -0.759. The molecule has 0 aliphatic carbocycles. The van der Waals surface area contributed by atoms with Gasteiger partial charge < -0.3 is 9.47 Å². The Bertz CT molecular complexity index is 1040. The predicted octanol–water partition coefficient (Wildman–Crippen LogP) is 5.46. The lowest BCUT2D eigenvalue weighted by Gasteiger charge is -2.21. The number of amides is 2. The van der Waals surface area contributed by atoms with Gasteiger partial charge in [0.25, 0.3) is 5.91 Å². The fraction of sp³-hybridized carbons (Fsp3) is 0.0909. The van der Waals surface area contributed by atoms with Crippen molar-refractivity contribution in [1.29, 1.82) is 0 Å². The van der Waals surface area contributed by atoms with Crippen LogP contribution in [0.3, 0.4) is 0 Å². The Balaban J connectivity index is 1.52. The van der Waals surface area contributed by atoms with Crippen LogP contribution in [0.1, 0.15) is 12.5 Å². The number of imide groups is 1. The van der Waals surface area contributed by atoms with Gasteiger partial charge in [-0.3, -0.25) is 10.2 Å². The van der Waals surface area contributed by atoms with Crippen LogP contribution >= 0.6 is 15.9 Å². The van der Waals surface area contributed by atoms with Gasteiger partial charge in [-0.2, -0.15) is 0 Å². The van der Waals surface area contributed by atoms with E-state index in [2.05, 4.69) is 21.4 Å². The van der Waals surface area contributed by atoms with Crippen molar-refractivity contribution in [2.75, 3.05) is 5.43 Å². The third-order valence-electron chi connectivity index (χ3n) is 4.55. The molecule has 4 rings (SSSR count). The number of nitrogens with one attached hydrogen (secondary N) is 1. The zero-order chi connectivity index (χ0) is 20.4. The molecule has 6 nitrogen and oxygen atoms in total. The summed E-state index contributed by atoms with van der Waals surface area (Å²) in [5.41, 5.74) is 2.52. The lowest BCUT2D eigenvalue weighted by atomic mass is 9.95. The Morgan fingerprint density at radius 1 is 0.897 bits per heavy atom. The maximum Gasteiger partial charge on any atom is 0.437 e. The summed E-state index contributed by atoms with van der Waals surface area (Å²) in [7, 11) is 0. The predicted molar refractivity (Wildman–Crippen MR) is 111 cm³/mol. The molecule has 0 bridgehead atoms. The number of halogens is 1. The number of ether oxygens (including phenoxy) is 2. The van der Waals surface area contributed by atoms with E-state index in [-0.39, 0.29) is 0 Å². The second-order valence-electron chi connectivity index (χ2n) is 6.60. The molecule has 0 spiro atoms. The van der Waals surface area contributed by atoms with Gasteiger partial charge in [-0.15, -0.1) is 5.01 Å². The Hall–Kier alpha value is -3.32. The molecule has 1 unspecified atom stereocenters. The summed E-state index contributed by atoms with van der Waals surface area (Å²) in [5, 5.41) is 0.887. The maximum absolute atomic E-state index is 13.0. The van der Waals surface area contributed by atoms with Crippen LogP contribution in [0.2, 0.25) is 0 Å². The minimum Gasteiger partial charge on any atom is -0.457 e. The Morgan fingerprint density at radius 2 is 1.52 bits per heavy atom. The summed E-state index contributed by atoms with van der Waals surface area (Å²) in [4.78, 5) is 25.3. The van der Waals surface area contributed by atoms with Gasteiger partial charge in [0.05, 0.1) is 5.69 Å². The summed E-state index contributed by atoms with van der Waals surface area (Å²) in [6.45, 7) is 1.57. The van der Waals surface area contributed by atoms with E-state index >= 15 is 0 Å². The number of nitrogens with zero attached hydrogens (tertiary/aromatic N) is 1. The standard InChI is InChI=1S/C22H17BrN2O4/c1-22(15-7-13-19(14-8-15)28-18-5-3-2-4-6-18)20(26)25(21(27)29-22)24-17-11-9-16(23)10-12-17/h2-14,24H,1H3. The summed E-state index contributed by atoms with van der Waals surface area (Å²) >= 11 is 3.35. The van der Waals surface area contributed by atoms with E-state index < -0.39 is 17.6 Å². The lowest BCUT2D eigenvalue weighted by molar-refractivity contribution is -0.135. The van der Waals surface area contributed by atoms with Gasteiger partial charge in [-0.05, 0) is 55.5 Å². The van der Waals surface area contributed by atoms with Gasteiger partial charge in [-0.25, -0.2) is 4.79 Å². The number of hydrogen-bond donors (Lipinski definition) is 1. The van der Waals surface area contributed by atoms with Crippen LogP contribution in [0.4, 0.5) is 10.5 Å². The first-order valence-corrected chi connectivity index (χ1v) is 9.68. The average Bonchev–Trinajstić information content (AvgIpc) is 2.95. The Kier molecular flexibility index (Phi) is 4.98. The normalized spacial score (nSPS) is 18.5. The zero-order valence-electron chi connectivity index (χ0n) is 15.5. The molecule has 1 N–H and O–H groups in total. The molecule has 1 aliphatic heterocycles. The molecule has 1 atom stereocenters. The molecule has 0 radical (unpaired) electrons. The van der Waals surface area contributed by atoms with Crippen LogP contribution in [0.15, 0.2) is 83.3 Å². The number of carbonyl (C=O) groups is 2. The minimum absolute atomic E-state index is 0.498. The van der Waals surface area contributed by atoms with Crippen LogP contribution in [0, 0.1) is 0 Å². The molecule has 2 amide bonds. The second kappa shape index (κ2) is 7.60. The number of hydrogen-bond acceptors (Lipinski definition) is 5. The van der Waals surface area contributed by atoms with Crippen LogP contribution in [0.25, 0.3) is 0 Å². The van der Waals surface area contributed by atoms with Gasteiger partial charge in [0.2, 0.25) is 5.60 Å². The monoisotopic (exact) mass is 452 g/mol. The number of anilines is 1. The third kappa shape index (κ3) is 3.82. The topological polar surface area (TPSA) is 67.9 Å². The van der Waals surface area contributed by atoms with Gasteiger partial charge >= 0.3 is 6.09 Å². The molecule has 3 aromatic carbocycles. The van der Waals surface area contributed by atoms with Gasteiger partial charge in [0, 0.05) is 10.0 Å². The highest BCUT2D eigenvalue weighted by Gasteiger charge is 2.52. The average molecular weight is 453 g/mol. The van der Waals surface area contributed by atoms with Crippen LogP contribution in [-0.2, 0) is 15.1 Å². The molecule has 29 heavy (non-hydrogen) atoms. The molecule has 1 fully saturated rings. The van der Waals surface area contributed by atoms with Crippen molar-refractivity contribution in [2.24, 2.45) is 0 Å². The molecule has 146 valence electrons. The number of para-hydroxylation sites is 1. The number of carbonyl (C=O) groups excluding carboxylic acids is 2. The van der Waals surface area contributed by atoms with E-state index in [1.54, 1.807) is 55.5 Å². The smallest absolute Gasteiger partial charge is 0.437 e. The fourth-order valence-corrected chi connectivity index (χ4v) is 3.22. The third-order valence-corrected chi connectivity index (χ3v) is 5.08. The number of hydrazine groups is 1. The fourth-order valence-electron chi connectivity index (χ4n) is 2.96. The number of benzene rings is 3. The summed E-state index contributed by atoms with van der Waals surface area (Å²) in [5.74, 6) is 0.826. The zero-order valence-corrected chi connectivity index (χ0v) is 17.0. The van der Waals surface area contributed by atoms with Crippen LogP contribution in [-0.4, -0.2) is 17.0 Å². The molecule has 0 saturated carbocycles.